The molecular weight excluding hydrogens is 386 g/mol. The molecule has 27 heavy (non-hydrogen) atoms. The smallest absolute Gasteiger partial charge is 0.321 e. The molecule has 0 saturated heterocycles. The summed E-state index contributed by atoms with van der Waals surface area (Å²) in [6.45, 7) is -0.258. The molecule has 3 heterocycles. The highest BCUT2D eigenvalue weighted by molar-refractivity contribution is 6.30. The van der Waals surface area contributed by atoms with Crippen molar-refractivity contribution in [2.75, 3.05) is 6.54 Å². The molecular formula is C18H12ClF4N3O. The van der Waals surface area contributed by atoms with Crippen LogP contribution < -0.4 is 0 Å². The molecule has 4 rings (SSSR count). The summed E-state index contributed by atoms with van der Waals surface area (Å²) < 4.78 is 56.6. The third-order valence-corrected chi connectivity index (χ3v) is 4.80. The molecule has 140 valence electrons. The van der Waals surface area contributed by atoms with E-state index in [1.165, 1.54) is 28.9 Å². The Morgan fingerprint density at radius 3 is 2.74 bits per heavy atom. The maximum absolute atomic E-state index is 14.0. The number of rotatable bonds is 1. The van der Waals surface area contributed by atoms with E-state index in [0.717, 1.165) is 6.07 Å². The second-order valence-electron chi connectivity index (χ2n) is 6.25. The molecule has 4 nitrogen and oxygen atoms in total. The van der Waals surface area contributed by atoms with Crippen LogP contribution in [0.25, 0.3) is 5.52 Å². The van der Waals surface area contributed by atoms with E-state index in [1.807, 2.05) is 0 Å². The van der Waals surface area contributed by atoms with Crippen molar-refractivity contribution in [2.45, 2.75) is 18.6 Å². The standard InChI is InChI=1S/C18H12ClF4N3O/c19-10-4-5-11-8-15(24-26(11)9-10)17(27)25-7-6-12-13(2-1-3-14(12)20)16(25)18(21,22)23/h1-5,8-9,16H,6-7H2. The van der Waals surface area contributed by atoms with Crippen molar-refractivity contribution < 1.29 is 22.4 Å². The number of carbonyl (C=O) groups is 1. The third kappa shape index (κ3) is 3.03. The lowest BCUT2D eigenvalue weighted by Gasteiger charge is -2.38. The fraction of sp³-hybridized carbons (Fsp3) is 0.222. The quantitative estimate of drug-likeness (QED) is 0.570. The first-order valence-corrected chi connectivity index (χ1v) is 8.43. The van der Waals surface area contributed by atoms with Gasteiger partial charge in [-0.2, -0.15) is 18.3 Å². The average molecular weight is 398 g/mol. The number of aromatic nitrogens is 2. The van der Waals surface area contributed by atoms with Crippen LogP contribution in [0.5, 0.6) is 0 Å². The van der Waals surface area contributed by atoms with Gasteiger partial charge in [0.15, 0.2) is 11.7 Å². The molecule has 1 aromatic carbocycles. The van der Waals surface area contributed by atoms with Crippen molar-refractivity contribution in [1.82, 2.24) is 14.5 Å². The summed E-state index contributed by atoms with van der Waals surface area (Å²) in [5.41, 5.74) is 0.140. The molecule has 0 fully saturated rings. The van der Waals surface area contributed by atoms with Crippen LogP contribution in [0.1, 0.15) is 27.7 Å². The highest BCUT2D eigenvalue weighted by Gasteiger charge is 2.49. The van der Waals surface area contributed by atoms with Gasteiger partial charge in [0.2, 0.25) is 0 Å². The summed E-state index contributed by atoms with van der Waals surface area (Å²) in [6, 6.07) is 5.91. The van der Waals surface area contributed by atoms with E-state index in [4.69, 9.17) is 11.6 Å². The predicted octanol–water partition coefficient (Wildman–Crippen LogP) is 4.43. The summed E-state index contributed by atoms with van der Waals surface area (Å²) in [6.07, 6.45) is -3.30. The second kappa shape index (κ2) is 6.23. The molecule has 0 N–H and O–H groups in total. The summed E-state index contributed by atoms with van der Waals surface area (Å²) in [5, 5.41) is 4.41. The van der Waals surface area contributed by atoms with Crippen molar-refractivity contribution in [3.8, 4) is 0 Å². The lowest BCUT2D eigenvalue weighted by atomic mass is 9.91. The first kappa shape index (κ1) is 17.8. The fourth-order valence-electron chi connectivity index (χ4n) is 3.41. The first-order chi connectivity index (χ1) is 12.8. The zero-order valence-electron chi connectivity index (χ0n) is 13.7. The summed E-state index contributed by atoms with van der Waals surface area (Å²) in [5.74, 6) is -1.57. The minimum absolute atomic E-state index is 0.000470. The van der Waals surface area contributed by atoms with Gasteiger partial charge < -0.3 is 4.90 Å². The van der Waals surface area contributed by atoms with E-state index in [1.54, 1.807) is 12.1 Å². The van der Waals surface area contributed by atoms with E-state index in [2.05, 4.69) is 5.10 Å². The molecule has 3 aromatic rings. The second-order valence-corrected chi connectivity index (χ2v) is 6.68. The molecule has 1 atom stereocenters. The van der Waals surface area contributed by atoms with Gasteiger partial charge in [-0.1, -0.05) is 23.7 Å². The largest absolute Gasteiger partial charge is 0.413 e. The van der Waals surface area contributed by atoms with E-state index in [0.29, 0.717) is 15.4 Å². The maximum Gasteiger partial charge on any atom is 0.413 e. The van der Waals surface area contributed by atoms with Gasteiger partial charge in [0.1, 0.15) is 5.82 Å². The average Bonchev–Trinajstić information content (AvgIpc) is 3.02. The zero-order chi connectivity index (χ0) is 19.3. The van der Waals surface area contributed by atoms with Crippen molar-refractivity contribution >= 4 is 23.0 Å². The summed E-state index contributed by atoms with van der Waals surface area (Å²) >= 11 is 5.87. The maximum atomic E-state index is 14.0. The van der Waals surface area contributed by atoms with Crippen LogP contribution in [0.3, 0.4) is 0 Å². The van der Waals surface area contributed by atoms with Crippen LogP contribution >= 0.6 is 11.6 Å². The lowest BCUT2D eigenvalue weighted by Crippen LogP contribution is -2.46. The van der Waals surface area contributed by atoms with Gasteiger partial charge in [0.25, 0.3) is 5.91 Å². The molecule has 1 unspecified atom stereocenters. The number of hydrogen-bond acceptors (Lipinski definition) is 2. The van der Waals surface area contributed by atoms with Crippen LogP contribution in [-0.2, 0) is 6.42 Å². The number of fused-ring (bicyclic) bond motifs is 2. The Morgan fingerprint density at radius 1 is 1.22 bits per heavy atom. The number of carbonyl (C=O) groups excluding carboxylic acids is 1. The number of hydrogen-bond donors (Lipinski definition) is 0. The molecule has 1 aliphatic rings. The number of halogens is 5. The number of pyridine rings is 1. The molecule has 0 bridgehead atoms. The van der Waals surface area contributed by atoms with Crippen LogP contribution in [0.15, 0.2) is 42.6 Å². The Labute approximate surface area is 156 Å². The summed E-state index contributed by atoms with van der Waals surface area (Å²) in [4.78, 5) is 13.5. The predicted molar refractivity (Wildman–Crippen MR) is 90.1 cm³/mol. The van der Waals surface area contributed by atoms with Crippen molar-refractivity contribution in [3.63, 3.8) is 0 Å². The van der Waals surface area contributed by atoms with E-state index in [9.17, 15) is 22.4 Å². The van der Waals surface area contributed by atoms with E-state index in [-0.39, 0.29) is 29.8 Å². The molecule has 0 saturated carbocycles. The van der Waals surface area contributed by atoms with Crippen LogP contribution in [0, 0.1) is 5.82 Å². The Morgan fingerprint density at radius 2 is 2.00 bits per heavy atom. The number of nitrogens with zero attached hydrogens (tertiary/aromatic N) is 3. The van der Waals surface area contributed by atoms with Gasteiger partial charge in [-0.05, 0) is 41.8 Å². The van der Waals surface area contributed by atoms with Gasteiger partial charge in [-0.25, -0.2) is 8.91 Å². The number of amides is 1. The van der Waals surface area contributed by atoms with Crippen molar-refractivity contribution in [1.29, 1.82) is 0 Å². The van der Waals surface area contributed by atoms with Gasteiger partial charge in [0.05, 0.1) is 10.5 Å². The molecule has 0 aliphatic carbocycles. The monoisotopic (exact) mass is 397 g/mol. The van der Waals surface area contributed by atoms with Gasteiger partial charge in [-0.3, -0.25) is 4.79 Å². The fourth-order valence-corrected chi connectivity index (χ4v) is 3.57. The Hall–Kier alpha value is -2.61. The molecule has 1 aliphatic heterocycles. The van der Waals surface area contributed by atoms with Crippen LogP contribution in [-0.4, -0.2) is 33.1 Å². The summed E-state index contributed by atoms with van der Waals surface area (Å²) in [7, 11) is 0. The van der Waals surface area contributed by atoms with Crippen LogP contribution in [0.2, 0.25) is 5.02 Å². The number of alkyl halides is 3. The van der Waals surface area contributed by atoms with E-state index >= 15 is 0 Å². The van der Waals surface area contributed by atoms with Crippen molar-refractivity contribution in [2.24, 2.45) is 0 Å². The Bertz CT molecular complexity index is 1050. The normalized spacial score (nSPS) is 17.2. The Balaban J connectivity index is 1.78. The molecule has 2 aromatic heterocycles. The topological polar surface area (TPSA) is 37.6 Å². The molecule has 0 radical (unpaired) electrons. The van der Waals surface area contributed by atoms with Crippen LogP contribution in [0.4, 0.5) is 17.6 Å². The zero-order valence-corrected chi connectivity index (χ0v) is 14.4. The number of benzene rings is 1. The molecule has 0 spiro atoms. The lowest BCUT2D eigenvalue weighted by molar-refractivity contribution is -0.181. The highest BCUT2D eigenvalue weighted by atomic mass is 35.5. The van der Waals surface area contributed by atoms with Gasteiger partial charge in [-0.15, -0.1) is 0 Å². The minimum Gasteiger partial charge on any atom is -0.321 e. The Kier molecular flexibility index (Phi) is 4.10. The minimum atomic E-state index is -4.75. The van der Waals surface area contributed by atoms with Gasteiger partial charge >= 0.3 is 6.18 Å². The van der Waals surface area contributed by atoms with Gasteiger partial charge in [0, 0.05) is 12.7 Å². The van der Waals surface area contributed by atoms with Crippen molar-refractivity contribution in [3.05, 3.63) is 70.3 Å². The third-order valence-electron chi connectivity index (χ3n) is 4.58. The first-order valence-electron chi connectivity index (χ1n) is 8.05. The highest BCUT2D eigenvalue weighted by Crippen LogP contribution is 2.43. The van der Waals surface area contributed by atoms with E-state index < -0.39 is 23.9 Å². The molecule has 1 amide bonds. The SMILES string of the molecule is O=C(c1cc2ccc(Cl)cn2n1)N1CCc2c(F)cccc2C1C(F)(F)F. The molecule has 9 heteroatoms.